The number of thiol groups is 1. The average molecular weight is 1860 g/mol. The van der Waals surface area contributed by atoms with Crippen molar-refractivity contribution >= 4 is 213 Å². The quantitative estimate of drug-likeness (QED) is 0.0125. The number of carbonyl (C=O) groups excluding carboxylic acids is 6. The Morgan fingerprint density at radius 3 is 1.31 bits per heavy atom. The zero-order chi connectivity index (χ0) is 87.5. The molecule has 0 atom stereocenters. The van der Waals surface area contributed by atoms with Crippen LogP contribution >= 0.6 is 120 Å². The van der Waals surface area contributed by atoms with Gasteiger partial charge in [0.15, 0.2) is 29.1 Å². The first kappa shape index (κ1) is 100.0. The van der Waals surface area contributed by atoms with Crippen LogP contribution in [0.4, 0.5) is 23.3 Å². The van der Waals surface area contributed by atoms with Crippen LogP contribution in [0.2, 0.25) is 15.3 Å². The molecule has 14 rings (SSSR count). The summed E-state index contributed by atoms with van der Waals surface area (Å²) in [5.74, 6) is 2.98. The molecule has 0 spiro atoms. The van der Waals surface area contributed by atoms with E-state index in [0.29, 0.717) is 83.7 Å². The van der Waals surface area contributed by atoms with Crippen LogP contribution in [0, 0.1) is 0 Å². The molecule has 5 aliphatic rings. The molecular weight excluding hydrogens is 1750 g/mol. The number of hydrogen-bond acceptors (Lipinski definition) is 29. The van der Waals surface area contributed by atoms with Gasteiger partial charge >= 0.3 is 57.8 Å². The molecule has 0 unspecified atom stereocenters. The third-order valence-electron chi connectivity index (χ3n) is 18.3. The van der Waals surface area contributed by atoms with Crippen molar-refractivity contribution in [1.29, 1.82) is 0 Å². The van der Waals surface area contributed by atoms with Gasteiger partial charge in [-0.1, -0.05) is 41.4 Å². The molecule has 3 aliphatic heterocycles. The second-order valence-electron chi connectivity index (χ2n) is 29.8. The molecule has 9 aromatic rings. The number of halogens is 4. The Morgan fingerprint density at radius 2 is 0.932 bits per heavy atom. The maximum absolute atomic E-state index is 11.0. The summed E-state index contributed by atoms with van der Waals surface area (Å²) in [7, 11) is 3.07. The predicted octanol–water partition coefficient (Wildman–Crippen LogP) is 15.9. The number of aromatic amines is 2. The molecule has 2 saturated carbocycles. The maximum atomic E-state index is 11.0. The minimum atomic E-state index is -0.562. The van der Waals surface area contributed by atoms with Crippen LogP contribution in [0.1, 0.15) is 198 Å². The molecule has 0 aromatic carbocycles. The summed E-state index contributed by atoms with van der Waals surface area (Å²) in [5.41, 5.74) is 5.51. The molecule has 4 amide bonds. The van der Waals surface area contributed by atoms with Gasteiger partial charge < -0.3 is 70.3 Å². The van der Waals surface area contributed by atoms with E-state index in [9.17, 15) is 28.8 Å². The normalized spacial score (nSPS) is 16.1. The van der Waals surface area contributed by atoms with Crippen molar-refractivity contribution in [3.63, 3.8) is 0 Å². The summed E-state index contributed by atoms with van der Waals surface area (Å²) in [5, 5.41) is 36.6. The van der Waals surface area contributed by atoms with Gasteiger partial charge in [-0.2, -0.15) is 15.2 Å². The van der Waals surface area contributed by atoms with E-state index in [1.807, 2.05) is 167 Å². The fraction of sp³-hybridized carbons (Fsp3) is 0.467. The first-order valence-corrected chi connectivity index (χ1v) is 43.7. The number of amides is 4. The summed E-state index contributed by atoms with van der Waals surface area (Å²) in [6.45, 7) is 35.8. The van der Waals surface area contributed by atoms with Crippen LogP contribution < -0.4 is 42.4 Å². The Hall–Kier alpha value is -6.82. The molecule has 2 aliphatic carbocycles. The zero-order valence-electron chi connectivity index (χ0n) is 69.1. The number of ether oxygens (including phenoxy) is 1. The number of esters is 2. The molecule has 118 heavy (non-hydrogen) atoms. The second kappa shape index (κ2) is 46.4. The number of thiophene rings is 5. The van der Waals surface area contributed by atoms with Crippen LogP contribution in [0.3, 0.4) is 0 Å². The molecule has 12 heterocycles. The summed E-state index contributed by atoms with van der Waals surface area (Å²) in [4.78, 5) is 85.7. The monoisotopic (exact) mass is 1850 g/mol. The number of nitrogens with zero attached hydrogens (tertiary/aromatic N) is 7. The SMILES string of the molecule is CC(=O)NCc1ccc(-c2ncc(Cl)c(Nc3cc(C4CC4)[nH]n3)n2)s1.CC(=O)NCc1ccc(B2OC(C)(C)C(C)(C)O2)s1.CC(=O)NCc1ccc(Br)s1.CC(=O)NCc1cccs1.CC(=O)OC(C)=O.CC1(C)OB(B2OC(C)(C)C(C)(C)O2)OC1(C)C.Clc1ncc(Cl)c(Nc2cc(C3CC3)[nH]n2)n1.NCc1cccs1.[B]=NS. The molecule has 635 valence electrons. The number of carbonyl (C=O) groups is 6. The van der Waals surface area contributed by atoms with Crippen molar-refractivity contribution in [2.24, 2.45) is 10.0 Å². The summed E-state index contributed by atoms with van der Waals surface area (Å²) in [6.07, 6.45) is 7.89. The minimum absolute atomic E-state index is 0.00882. The number of nitrogens with one attached hydrogen (secondary N) is 8. The zero-order valence-corrected chi connectivity index (χ0v) is 77.9. The number of H-pyrrole nitrogens is 2. The molecule has 29 nitrogen and oxygen atoms in total. The van der Waals surface area contributed by atoms with Crippen LogP contribution in [-0.4, -0.2) is 138 Å². The molecule has 5 fully saturated rings. The molecule has 3 saturated heterocycles. The Balaban J connectivity index is 0.000000215. The summed E-state index contributed by atoms with van der Waals surface area (Å²) in [6, 6.07) is 23.8. The fourth-order valence-electron chi connectivity index (χ4n) is 9.76. The Morgan fingerprint density at radius 1 is 0.551 bits per heavy atom. The van der Waals surface area contributed by atoms with E-state index in [2.05, 4.69) is 118 Å². The van der Waals surface area contributed by atoms with Gasteiger partial charge in [0.2, 0.25) is 28.9 Å². The van der Waals surface area contributed by atoms with Gasteiger partial charge in [0, 0.05) is 113 Å². The number of nitrogens with two attached hydrogens (primary N) is 1. The van der Waals surface area contributed by atoms with Crippen molar-refractivity contribution in [1.82, 2.24) is 61.6 Å². The van der Waals surface area contributed by atoms with Crippen molar-refractivity contribution in [2.75, 3.05) is 10.6 Å². The third-order valence-corrected chi connectivity index (χ3v) is 24.6. The van der Waals surface area contributed by atoms with E-state index < -0.39 is 26.0 Å². The van der Waals surface area contributed by atoms with Gasteiger partial charge in [-0.15, -0.1) is 56.7 Å². The van der Waals surface area contributed by atoms with Gasteiger partial charge in [-0.3, -0.25) is 39.0 Å². The van der Waals surface area contributed by atoms with Gasteiger partial charge in [-0.25, -0.2) is 15.0 Å². The number of hydrogen-bond donors (Lipinski definition) is 10. The van der Waals surface area contributed by atoms with Crippen molar-refractivity contribution in [3.8, 4) is 10.7 Å². The molecule has 1 radical (unpaired) electrons. The number of rotatable bonds is 18. The number of aromatic nitrogens is 8. The molecule has 10 N–H and O–H groups in total. The van der Waals surface area contributed by atoms with Gasteiger partial charge in [-0.05, 0) is 190 Å². The van der Waals surface area contributed by atoms with Gasteiger partial charge in [0.25, 0.3) is 0 Å². The standard InChI is InChI=1S/C17H17ClN6OS.C13H20BNO3S.C12H24B2O4.C10H9Cl2N5.C7H8BrNOS.C7H9NOS.C5H7NS.C4H6O3.BHNS/c1-9(25)19-7-11-4-5-14(26-11)17-20-8-12(18)16(22-17)21-15-6-13(23-24-15)10-2-3-10;1-9(16)15-8-10-6-7-11(19-10)14-17-12(2,3)13(4,5)18-14;1-9(2)10(3,4)16-13(15-9)14-17-11(5,6)12(7,8)18-14;11-6-4-13-10(12)15-9(6)14-8-3-7(16-17-8)5-1-2-5;1-5(10)9-4-6-2-3-7(8)11-6;1-6(9)8-5-7-3-2-4-10-7;6-4-5-2-1-3-7-5;1-3(5)7-4(2)6;1-2-3/h4-6,8,10H,2-3,7H2,1H3,(H,19,25)(H2,20,21,22,23,24);6-7H,8H2,1-5H3,(H,15,16);1-8H3;3-5H,1-2H2,(H2,13,14,15,16,17);2-3H,4H2,1H3,(H,9,10);2-4H,5H2,1H3,(H,8,9);1-3H,4,6H2;1-2H3;3H. The van der Waals surface area contributed by atoms with E-state index in [1.54, 1.807) is 51.5 Å². The average Bonchev–Trinajstić information content (AvgIpc) is 1.58. The van der Waals surface area contributed by atoms with E-state index in [-0.39, 0.29) is 69.6 Å². The topological polar surface area (TPSA) is 387 Å². The Labute approximate surface area is 740 Å². The summed E-state index contributed by atoms with van der Waals surface area (Å²) < 4.78 is 44.6. The van der Waals surface area contributed by atoms with E-state index >= 15 is 0 Å². The van der Waals surface area contributed by atoms with Gasteiger partial charge in [0.05, 0.1) is 80.8 Å². The van der Waals surface area contributed by atoms with Crippen molar-refractivity contribution < 1.29 is 61.4 Å². The first-order chi connectivity index (χ1) is 55.3. The Bertz CT molecular complexity index is 4630. The van der Waals surface area contributed by atoms with Gasteiger partial charge in [0.1, 0.15) is 10.0 Å². The Kier molecular flexibility index (Phi) is 39.3. The first-order valence-electron chi connectivity index (χ1n) is 37.1. The summed E-state index contributed by atoms with van der Waals surface area (Å²) >= 11 is 32.5. The van der Waals surface area contributed by atoms with Crippen LogP contribution in [0.5, 0.6) is 0 Å². The molecular formula is C75H101B4BrCl3N16O13S6. The van der Waals surface area contributed by atoms with Crippen LogP contribution in [-0.2, 0) is 94.2 Å². The van der Waals surface area contributed by atoms with Crippen molar-refractivity contribution in [3.05, 3.63) is 151 Å². The molecule has 9 aromatic heterocycles. The van der Waals surface area contributed by atoms with E-state index in [4.69, 9.17) is 68.5 Å². The van der Waals surface area contributed by atoms with E-state index in [1.165, 1.54) is 94.5 Å². The van der Waals surface area contributed by atoms with E-state index in [0.717, 1.165) is 39.5 Å². The molecule has 43 heteroatoms. The van der Waals surface area contributed by atoms with Crippen molar-refractivity contribution in [2.45, 2.75) is 228 Å². The molecule has 0 bridgehead atoms. The second-order valence-corrected chi connectivity index (χ2v) is 38.1. The predicted molar refractivity (Wildman–Crippen MR) is 481 cm³/mol. The van der Waals surface area contributed by atoms with Crippen LogP contribution in [0.25, 0.3) is 10.7 Å². The fourth-order valence-corrected chi connectivity index (χ4v) is 14.6. The van der Waals surface area contributed by atoms with Crippen LogP contribution in [0.15, 0.2) is 104 Å². The number of anilines is 4. The third kappa shape index (κ3) is 33.5.